The number of hydrogen-bond acceptors (Lipinski definition) is 3. The Bertz CT molecular complexity index is 313. The Labute approximate surface area is 97.6 Å². The maximum atomic E-state index is 5.42. The van der Waals surface area contributed by atoms with E-state index in [2.05, 4.69) is 30.4 Å². The van der Waals surface area contributed by atoms with Gasteiger partial charge in [-0.2, -0.15) is 0 Å². The van der Waals surface area contributed by atoms with E-state index in [1.165, 1.54) is 25.7 Å². The van der Waals surface area contributed by atoms with Gasteiger partial charge >= 0.3 is 0 Å². The highest BCUT2D eigenvalue weighted by Gasteiger charge is 2.21. The van der Waals surface area contributed by atoms with Gasteiger partial charge in [-0.1, -0.05) is 31.8 Å². The molecule has 1 aromatic heterocycles. The molecule has 3 heteroatoms. The largest absolute Gasteiger partial charge is 0.361 e. The van der Waals surface area contributed by atoms with Crippen LogP contribution in [0.25, 0.3) is 0 Å². The van der Waals surface area contributed by atoms with Crippen molar-refractivity contribution in [3.8, 4) is 0 Å². The highest BCUT2D eigenvalue weighted by Crippen LogP contribution is 2.34. The van der Waals surface area contributed by atoms with Crippen molar-refractivity contribution in [2.45, 2.75) is 52.0 Å². The van der Waals surface area contributed by atoms with Crippen molar-refractivity contribution in [1.29, 1.82) is 0 Å². The molecule has 0 bridgehead atoms. The standard InChI is InChI=1S/C13H22N2O/c1-10(2)8-14-9-12-7-13(16-15-12)11-5-3-4-6-11/h7,10-11,14H,3-6,8-9H2,1-2H3. The molecule has 1 N–H and O–H groups in total. The van der Waals surface area contributed by atoms with Crippen molar-refractivity contribution < 1.29 is 4.52 Å². The Morgan fingerprint density at radius 1 is 1.44 bits per heavy atom. The molecule has 16 heavy (non-hydrogen) atoms. The van der Waals surface area contributed by atoms with Crippen LogP contribution in [-0.4, -0.2) is 11.7 Å². The van der Waals surface area contributed by atoms with Crippen molar-refractivity contribution in [3.05, 3.63) is 17.5 Å². The number of nitrogens with one attached hydrogen (secondary N) is 1. The summed E-state index contributed by atoms with van der Waals surface area (Å²) in [5.41, 5.74) is 1.04. The highest BCUT2D eigenvalue weighted by molar-refractivity contribution is 5.10. The van der Waals surface area contributed by atoms with Gasteiger partial charge in [-0.3, -0.25) is 0 Å². The van der Waals surface area contributed by atoms with Gasteiger partial charge in [-0.05, 0) is 25.3 Å². The van der Waals surface area contributed by atoms with Crippen LogP contribution in [0.4, 0.5) is 0 Å². The second kappa shape index (κ2) is 5.48. The van der Waals surface area contributed by atoms with E-state index < -0.39 is 0 Å². The van der Waals surface area contributed by atoms with E-state index >= 15 is 0 Å². The van der Waals surface area contributed by atoms with Gasteiger partial charge in [0.25, 0.3) is 0 Å². The first-order valence-electron chi connectivity index (χ1n) is 6.42. The summed E-state index contributed by atoms with van der Waals surface area (Å²) in [6, 6.07) is 2.13. The average Bonchev–Trinajstić information content (AvgIpc) is 2.85. The second-order valence-corrected chi connectivity index (χ2v) is 5.23. The molecule has 1 aliphatic rings. The third-order valence-electron chi connectivity index (χ3n) is 3.19. The van der Waals surface area contributed by atoms with Crippen LogP contribution in [0.1, 0.15) is 56.9 Å². The fourth-order valence-electron chi connectivity index (χ4n) is 2.30. The van der Waals surface area contributed by atoms with Gasteiger partial charge in [-0.25, -0.2) is 0 Å². The monoisotopic (exact) mass is 222 g/mol. The van der Waals surface area contributed by atoms with E-state index in [9.17, 15) is 0 Å². The molecule has 0 amide bonds. The van der Waals surface area contributed by atoms with Gasteiger partial charge < -0.3 is 9.84 Å². The zero-order chi connectivity index (χ0) is 11.4. The molecule has 90 valence electrons. The average molecular weight is 222 g/mol. The summed E-state index contributed by atoms with van der Waals surface area (Å²) in [6.07, 6.45) is 5.22. The van der Waals surface area contributed by atoms with Gasteiger partial charge in [0.2, 0.25) is 0 Å². The van der Waals surface area contributed by atoms with Crippen molar-refractivity contribution in [2.24, 2.45) is 5.92 Å². The maximum Gasteiger partial charge on any atom is 0.140 e. The summed E-state index contributed by atoms with van der Waals surface area (Å²) in [4.78, 5) is 0. The lowest BCUT2D eigenvalue weighted by Crippen LogP contribution is -2.19. The molecular formula is C13H22N2O. The van der Waals surface area contributed by atoms with Crippen LogP contribution in [0.5, 0.6) is 0 Å². The molecule has 0 aliphatic heterocycles. The summed E-state index contributed by atoms with van der Waals surface area (Å²) in [5.74, 6) is 2.41. The van der Waals surface area contributed by atoms with Crippen LogP contribution >= 0.6 is 0 Å². The third kappa shape index (κ3) is 3.08. The Balaban J connectivity index is 1.82. The van der Waals surface area contributed by atoms with Crippen molar-refractivity contribution in [2.75, 3.05) is 6.54 Å². The zero-order valence-corrected chi connectivity index (χ0v) is 10.3. The maximum absolute atomic E-state index is 5.42. The fourth-order valence-corrected chi connectivity index (χ4v) is 2.30. The molecule has 1 fully saturated rings. The van der Waals surface area contributed by atoms with E-state index in [1.807, 2.05) is 0 Å². The van der Waals surface area contributed by atoms with Crippen LogP contribution in [0.3, 0.4) is 0 Å². The van der Waals surface area contributed by atoms with Crippen LogP contribution in [0.15, 0.2) is 10.6 Å². The number of hydrogen-bond donors (Lipinski definition) is 1. The Kier molecular flexibility index (Phi) is 3.99. The third-order valence-corrected chi connectivity index (χ3v) is 3.19. The van der Waals surface area contributed by atoms with Crippen LogP contribution in [0, 0.1) is 5.92 Å². The minimum atomic E-state index is 0.631. The van der Waals surface area contributed by atoms with E-state index in [0.29, 0.717) is 11.8 Å². The van der Waals surface area contributed by atoms with Gasteiger partial charge in [0.1, 0.15) is 5.76 Å². The van der Waals surface area contributed by atoms with Crippen LogP contribution in [0.2, 0.25) is 0 Å². The minimum absolute atomic E-state index is 0.631. The van der Waals surface area contributed by atoms with Gasteiger partial charge in [0.05, 0.1) is 5.69 Å². The molecule has 0 atom stereocenters. The lowest BCUT2D eigenvalue weighted by Gasteiger charge is -2.04. The topological polar surface area (TPSA) is 38.1 Å². The molecule has 1 aliphatic carbocycles. The predicted octanol–water partition coefficient (Wildman–Crippen LogP) is 3.08. The van der Waals surface area contributed by atoms with E-state index in [4.69, 9.17) is 4.52 Å². The van der Waals surface area contributed by atoms with E-state index in [0.717, 1.165) is 24.5 Å². The van der Waals surface area contributed by atoms with Crippen LogP contribution in [-0.2, 0) is 6.54 Å². The summed E-state index contributed by atoms with van der Waals surface area (Å²) >= 11 is 0. The Morgan fingerprint density at radius 2 is 2.19 bits per heavy atom. The lowest BCUT2D eigenvalue weighted by atomic mass is 10.1. The first kappa shape index (κ1) is 11.6. The molecule has 1 heterocycles. The smallest absolute Gasteiger partial charge is 0.140 e. The quantitative estimate of drug-likeness (QED) is 0.832. The fraction of sp³-hybridized carbons (Fsp3) is 0.769. The lowest BCUT2D eigenvalue weighted by molar-refractivity contribution is 0.354. The van der Waals surface area contributed by atoms with Gasteiger partial charge in [-0.15, -0.1) is 0 Å². The van der Waals surface area contributed by atoms with E-state index in [-0.39, 0.29) is 0 Å². The minimum Gasteiger partial charge on any atom is -0.361 e. The summed E-state index contributed by atoms with van der Waals surface area (Å²) in [6.45, 7) is 6.28. The van der Waals surface area contributed by atoms with Crippen LogP contribution < -0.4 is 5.32 Å². The molecule has 1 saturated carbocycles. The summed E-state index contributed by atoms with van der Waals surface area (Å²) < 4.78 is 5.42. The second-order valence-electron chi connectivity index (χ2n) is 5.23. The molecule has 0 aromatic carbocycles. The summed E-state index contributed by atoms with van der Waals surface area (Å²) in [7, 11) is 0. The Morgan fingerprint density at radius 3 is 2.88 bits per heavy atom. The molecule has 2 rings (SSSR count). The van der Waals surface area contributed by atoms with Crippen molar-refractivity contribution >= 4 is 0 Å². The van der Waals surface area contributed by atoms with Gasteiger partial charge in [0, 0.05) is 18.5 Å². The summed E-state index contributed by atoms with van der Waals surface area (Å²) in [5, 5.41) is 7.50. The van der Waals surface area contributed by atoms with Crippen molar-refractivity contribution in [1.82, 2.24) is 10.5 Å². The molecular weight excluding hydrogens is 200 g/mol. The number of rotatable bonds is 5. The number of nitrogens with zero attached hydrogens (tertiary/aromatic N) is 1. The molecule has 3 nitrogen and oxygen atoms in total. The molecule has 0 unspecified atom stereocenters. The normalized spacial score (nSPS) is 17.4. The van der Waals surface area contributed by atoms with E-state index in [1.54, 1.807) is 0 Å². The first-order valence-corrected chi connectivity index (χ1v) is 6.42. The first-order chi connectivity index (χ1) is 7.75. The van der Waals surface area contributed by atoms with Crippen molar-refractivity contribution in [3.63, 3.8) is 0 Å². The highest BCUT2D eigenvalue weighted by atomic mass is 16.5. The Hall–Kier alpha value is -0.830. The number of aromatic nitrogens is 1. The molecule has 0 spiro atoms. The zero-order valence-electron chi connectivity index (χ0n) is 10.3. The predicted molar refractivity (Wildman–Crippen MR) is 64.3 cm³/mol. The molecule has 0 saturated heterocycles. The molecule has 1 aromatic rings. The SMILES string of the molecule is CC(C)CNCc1cc(C2CCCC2)on1. The van der Waals surface area contributed by atoms with Gasteiger partial charge in [0.15, 0.2) is 0 Å². The molecule has 0 radical (unpaired) electrons.